The minimum absolute atomic E-state index is 0.231. The lowest BCUT2D eigenvalue weighted by Crippen LogP contribution is -2.35. The summed E-state index contributed by atoms with van der Waals surface area (Å²) in [5.74, 6) is 0. The summed E-state index contributed by atoms with van der Waals surface area (Å²) in [6.07, 6.45) is -1.01. The van der Waals surface area contributed by atoms with Crippen molar-refractivity contribution in [1.82, 2.24) is 0 Å². The molecule has 2 N–H and O–H groups in total. The second-order valence-corrected chi connectivity index (χ2v) is 2.01. The van der Waals surface area contributed by atoms with E-state index in [4.69, 9.17) is 10.2 Å². The molecule has 0 heterocycles. The third-order valence-corrected chi connectivity index (χ3v) is 1.32. The van der Waals surface area contributed by atoms with Crippen molar-refractivity contribution in [2.45, 2.75) is 25.5 Å². The maximum absolute atomic E-state index is 10.1. The monoisotopic (exact) mass is 149 g/mol. The first-order valence-electron chi connectivity index (χ1n) is 3.05. The first-order chi connectivity index (χ1) is 4.63. The van der Waals surface area contributed by atoms with Crippen LogP contribution in [0.3, 0.4) is 0 Å². The van der Waals surface area contributed by atoms with Crippen LogP contribution in [0, 0.1) is 10.1 Å². The first-order valence-corrected chi connectivity index (χ1v) is 3.05. The van der Waals surface area contributed by atoms with Crippen molar-refractivity contribution < 1.29 is 15.1 Å². The smallest absolute Gasteiger partial charge is 0.240 e. The zero-order chi connectivity index (χ0) is 8.15. The van der Waals surface area contributed by atoms with Gasteiger partial charge in [-0.15, -0.1) is 0 Å². The molecule has 0 radical (unpaired) electrons. The van der Waals surface area contributed by atoms with Crippen LogP contribution < -0.4 is 0 Å². The highest BCUT2D eigenvalue weighted by molar-refractivity contribution is 4.63. The molecule has 60 valence electrons. The molecule has 2 unspecified atom stereocenters. The van der Waals surface area contributed by atoms with Gasteiger partial charge in [0.1, 0.15) is 6.10 Å². The lowest BCUT2D eigenvalue weighted by Gasteiger charge is -2.10. The molecule has 0 spiro atoms. The maximum atomic E-state index is 10.1. The normalized spacial score (nSPS) is 16.3. The van der Waals surface area contributed by atoms with Crippen molar-refractivity contribution in [3.8, 4) is 0 Å². The number of nitrogens with zero attached hydrogens (tertiary/aromatic N) is 1. The number of nitro groups is 1. The van der Waals surface area contributed by atoms with Gasteiger partial charge < -0.3 is 10.2 Å². The number of rotatable bonds is 4. The van der Waals surface area contributed by atoms with Gasteiger partial charge in [-0.2, -0.15) is 0 Å². The van der Waals surface area contributed by atoms with E-state index in [1.54, 1.807) is 6.92 Å². The Hall–Kier alpha value is -0.680. The van der Waals surface area contributed by atoms with Gasteiger partial charge in [0.25, 0.3) is 0 Å². The molecule has 5 nitrogen and oxygen atoms in total. The third kappa shape index (κ3) is 2.28. The molecule has 0 aliphatic carbocycles. The Morgan fingerprint density at radius 3 is 2.30 bits per heavy atom. The summed E-state index contributed by atoms with van der Waals surface area (Å²) in [5, 5.41) is 27.2. The van der Waals surface area contributed by atoms with Crippen molar-refractivity contribution in [3.63, 3.8) is 0 Å². The molecule has 0 amide bonds. The zero-order valence-electron chi connectivity index (χ0n) is 5.73. The fourth-order valence-corrected chi connectivity index (χ4v) is 0.683. The van der Waals surface area contributed by atoms with Gasteiger partial charge in [-0.25, -0.2) is 0 Å². The van der Waals surface area contributed by atoms with E-state index in [1.807, 2.05) is 0 Å². The highest BCUT2D eigenvalue weighted by atomic mass is 16.6. The largest absolute Gasteiger partial charge is 0.393 e. The predicted octanol–water partition coefficient (Wildman–Crippen LogP) is -0.605. The van der Waals surface area contributed by atoms with Gasteiger partial charge >= 0.3 is 0 Å². The molecule has 0 saturated heterocycles. The van der Waals surface area contributed by atoms with Crippen molar-refractivity contribution in [1.29, 1.82) is 0 Å². The fourth-order valence-electron chi connectivity index (χ4n) is 0.683. The van der Waals surface area contributed by atoms with E-state index >= 15 is 0 Å². The Bertz CT molecular complexity index is 116. The van der Waals surface area contributed by atoms with Crippen LogP contribution in [0.1, 0.15) is 13.3 Å². The number of aliphatic hydroxyl groups excluding tert-OH is 2. The molecule has 0 rings (SSSR count). The van der Waals surface area contributed by atoms with Gasteiger partial charge in [0, 0.05) is 11.3 Å². The molecule has 0 aromatic carbocycles. The van der Waals surface area contributed by atoms with Crippen LogP contribution >= 0.6 is 0 Å². The second-order valence-electron chi connectivity index (χ2n) is 2.01. The van der Waals surface area contributed by atoms with Crippen molar-refractivity contribution in [2.75, 3.05) is 6.61 Å². The summed E-state index contributed by atoms with van der Waals surface area (Å²) in [7, 11) is 0. The van der Waals surface area contributed by atoms with Gasteiger partial charge in [-0.1, -0.05) is 6.92 Å². The van der Waals surface area contributed by atoms with Crippen LogP contribution in [-0.2, 0) is 0 Å². The molecule has 0 fully saturated rings. The predicted molar refractivity (Wildman–Crippen MR) is 34.2 cm³/mol. The van der Waals surface area contributed by atoms with Crippen LogP contribution in [0.4, 0.5) is 0 Å². The van der Waals surface area contributed by atoms with Crippen molar-refractivity contribution in [2.24, 2.45) is 0 Å². The molecule has 2 atom stereocenters. The average molecular weight is 149 g/mol. The Kier molecular flexibility index (Phi) is 3.90. The van der Waals surface area contributed by atoms with Crippen LogP contribution in [-0.4, -0.2) is 33.9 Å². The lowest BCUT2D eigenvalue weighted by molar-refractivity contribution is -0.535. The van der Waals surface area contributed by atoms with Gasteiger partial charge in [-0.3, -0.25) is 10.1 Å². The van der Waals surface area contributed by atoms with E-state index in [2.05, 4.69) is 0 Å². The van der Waals surface area contributed by atoms with Gasteiger partial charge in [0.2, 0.25) is 6.04 Å². The molecule has 0 aromatic rings. The van der Waals surface area contributed by atoms with Gasteiger partial charge in [0.15, 0.2) is 0 Å². The van der Waals surface area contributed by atoms with E-state index in [-0.39, 0.29) is 6.42 Å². The number of hydrogen-bond acceptors (Lipinski definition) is 4. The molecular formula is C5H11NO4. The Labute approximate surface area is 58.4 Å². The van der Waals surface area contributed by atoms with E-state index in [0.29, 0.717) is 0 Å². The van der Waals surface area contributed by atoms with Crippen molar-refractivity contribution in [3.05, 3.63) is 10.1 Å². The SMILES string of the molecule is CCC(C(O)CO)[N+](=O)[O-]. The van der Waals surface area contributed by atoms with E-state index < -0.39 is 23.7 Å². The molecular weight excluding hydrogens is 138 g/mol. The van der Waals surface area contributed by atoms with Crippen LogP contribution in [0.2, 0.25) is 0 Å². The highest BCUT2D eigenvalue weighted by Gasteiger charge is 2.26. The van der Waals surface area contributed by atoms with Crippen LogP contribution in [0.25, 0.3) is 0 Å². The Balaban J connectivity index is 3.92. The summed E-state index contributed by atoms with van der Waals surface area (Å²) >= 11 is 0. The van der Waals surface area contributed by atoms with E-state index in [0.717, 1.165) is 0 Å². The Morgan fingerprint density at radius 1 is 1.70 bits per heavy atom. The fraction of sp³-hybridized carbons (Fsp3) is 1.00. The van der Waals surface area contributed by atoms with Crippen LogP contribution in [0.15, 0.2) is 0 Å². The van der Waals surface area contributed by atoms with Crippen LogP contribution in [0.5, 0.6) is 0 Å². The molecule has 10 heavy (non-hydrogen) atoms. The highest BCUT2D eigenvalue weighted by Crippen LogP contribution is 2.01. The van der Waals surface area contributed by atoms with E-state index in [9.17, 15) is 10.1 Å². The van der Waals surface area contributed by atoms with Gasteiger partial charge in [0.05, 0.1) is 6.61 Å². The summed E-state index contributed by atoms with van der Waals surface area (Å²) in [4.78, 5) is 9.48. The Morgan fingerprint density at radius 2 is 2.20 bits per heavy atom. The van der Waals surface area contributed by atoms with E-state index in [1.165, 1.54) is 0 Å². The minimum atomic E-state index is -1.24. The average Bonchev–Trinajstić information content (AvgIpc) is 1.88. The standard InChI is InChI=1S/C5H11NO4/c1-2-4(6(9)10)5(8)3-7/h4-5,7-8H,2-3H2,1H3. The third-order valence-electron chi connectivity index (χ3n) is 1.32. The maximum Gasteiger partial charge on any atom is 0.240 e. The summed E-state index contributed by atoms with van der Waals surface area (Å²) < 4.78 is 0. The number of aliphatic hydroxyl groups is 2. The molecule has 0 bridgehead atoms. The summed E-state index contributed by atoms with van der Waals surface area (Å²) in [6.45, 7) is 1.03. The second kappa shape index (κ2) is 4.19. The topological polar surface area (TPSA) is 83.6 Å². The first kappa shape index (κ1) is 9.32. The minimum Gasteiger partial charge on any atom is -0.393 e. The molecule has 0 aromatic heterocycles. The molecule has 0 aliphatic heterocycles. The summed E-state index contributed by atoms with van der Waals surface area (Å²) in [5.41, 5.74) is 0. The summed E-state index contributed by atoms with van der Waals surface area (Å²) in [6, 6.07) is -1.04. The van der Waals surface area contributed by atoms with Gasteiger partial charge in [-0.05, 0) is 0 Å². The number of hydrogen-bond donors (Lipinski definition) is 2. The quantitative estimate of drug-likeness (QED) is 0.412. The molecule has 0 aliphatic rings. The lowest BCUT2D eigenvalue weighted by atomic mass is 10.1. The zero-order valence-corrected chi connectivity index (χ0v) is 5.73. The van der Waals surface area contributed by atoms with Crippen molar-refractivity contribution >= 4 is 0 Å². The molecule has 5 heteroatoms. The molecule has 0 saturated carbocycles.